The maximum absolute atomic E-state index is 12.7. The van der Waals surface area contributed by atoms with Gasteiger partial charge in [-0.2, -0.15) is 0 Å². The molecule has 230 valence electrons. The fourth-order valence-electron chi connectivity index (χ4n) is 10.8. The zero-order chi connectivity index (χ0) is 29.4. The van der Waals surface area contributed by atoms with Crippen LogP contribution < -0.4 is 0 Å². The molecule has 3 N–H and O–H groups in total. The van der Waals surface area contributed by atoms with Crippen LogP contribution >= 0.6 is 0 Å². The van der Waals surface area contributed by atoms with E-state index in [1.54, 1.807) is 6.92 Å². The second kappa shape index (κ2) is 10.5. The Morgan fingerprint density at radius 2 is 1.64 bits per heavy atom. The van der Waals surface area contributed by atoms with Crippen molar-refractivity contribution in [2.24, 2.45) is 28.6 Å². The van der Waals surface area contributed by atoms with E-state index in [1.807, 2.05) is 0 Å². The minimum Gasteiger partial charge on any atom is -0.389 e. The van der Waals surface area contributed by atoms with E-state index >= 15 is 0 Å². The van der Waals surface area contributed by atoms with Crippen molar-refractivity contribution in [1.29, 1.82) is 0 Å². The molecule has 5 aliphatic rings. The average Bonchev–Trinajstić information content (AvgIpc) is 3.27. The third kappa shape index (κ3) is 4.27. The quantitative estimate of drug-likeness (QED) is 0.389. The lowest BCUT2D eigenvalue weighted by Gasteiger charge is -2.64. The molecular formula is C36H50O6. The van der Waals surface area contributed by atoms with Gasteiger partial charge in [-0.3, -0.25) is 0 Å². The van der Waals surface area contributed by atoms with Gasteiger partial charge in [0.05, 0.1) is 17.8 Å². The SMILES string of the molecule is CO[C@H]1[C@H](O)[C@H](O[C@H]2CC[C@@]3(C)[C@H](CC[C@@H]4[C@@H]3CC[C@]3(C)[C@@H](c5ccc6ccccc6c5)CC[C@]43O)C2)O[C@@H](C)[C@@H]1O. The van der Waals surface area contributed by atoms with Crippen LogP contribution in [0.2, 0.25) is 0 Å². The summed E-state index contributed by atoms with van der Waals surface area (Å²) in [6.45, 7) is 6.70. The molecule has 0 amide bonds. The molecule has 0 spiro atoms. The molecule has 4 aliphatic carbocycles. The highest BCUT2D eigenvalue weighted by Gasteiger charge is 2.67. The Morgan fingerprint density at radius 3 is 2.43 bits per heavy atom. The van der Waals surface area contributed by atoms with Gasteiger partial charge in [0.2, 0.25) is 0 Å². The van der Waals surface area contributed by atoms with E-state index in [2.05, 4.69) is 56.3 Å². The minimum atomic E-state index is -1.02. The van der Waals surface area contributed by atoms with Crippen LogP contribution in [0.25, 0.3) is 10.8 Å². The molecule has 0 aromatic heterocycles. The normalized spacial score (nSPS) is 48.8. The van der Waals surface area contributed by atoms with Gasteiger partial charge in [0.25, 0.3) is 0 Å². The van der Waals surface area contributed by atoms with E-state index in [4.69, 9.17) is 14.2 Å². The Morgan fingerprint density at radius 1 is 0.857 bits per heavy atom. The van der Waals surface area contributed by atoms with Gasteiger partial charge >= 0.3 is 0 Å². The van der Waals surface area contributed by atoms with Crippen LogP contribution in [0.5, 0.6) is 0 Å². The first kappa shape index (κ1) is 29.2. The second-order valence-electron chi connectivity index (χ2n) is 15.0. The second-order valence-corrected chi connectivity index (χ2v) is 15.0. The first-order valence-electron chi connectivity index (χ1n) is 16.5. The topological polar surface area (TPSA) is 88.4 Å². The number of aliphatic hydroxyl groups excluding tert-OH is 2. The molecule has 0 unspecified atom stereocenters. The molecule has 1 saturated heterocycles. The maximum Gasteiger partial charge on any atom is 0.186 e. The molecule has 13 atom stereocenters. The van der Waals surface area contributed by atoms with E-state index in [1.165, 1.54) is 29.9 Å². The van der Waals surface area contributed by atoms with Crippen molar-refractivity contribution in [2.45, 2.75) is 127 Å². The third-order valence-electron chi connectivity index (χ3n) is 13.4. The molecule has 4 saturated carbocycles. The molecule has 6 heteroatoms. The van der Waals surface area contributed by atoms with Crippen LogP contribution in [0.15, 0.2) is 42.5 Å². The van der Waals surface area contributed by atoms with Gasteiger partial charge in [-0.25, -0.2) is 0 Å². The monoisotopic (exact) mass is 578 g/mol. The number of rotatable bonds is 4. The third-order valence-corrected chi connectivity index (χ3v) is 13.4. The summed E-state index contributed by atoms with van der Waals surface area (Å²) < 4.78 is 17.7. The molecule has 6 nitrogen and oxygen atoms in total. The Bertz CT molecular complexity index is 1300. The summed E-state index contributed by atoms with van der Waals surface area (Å²) in [5.74, 6) is 1.79. The van der Waals surface area contributed by atoms with E-state index < -0.39 is 36.3 Å². The van der Waals surface area contributed by atoms with Crippen molar-refractivity contribution in [3.05, 3.63) is 48.0 Å². The van der Waals surface area contributed by atoms with Crippen molar-refractivity contribution < 1.29 is 29.5 Å². The molecule has 2 aromatic rings. The van der Waals surface area contributed by atoms with E-state index in [0.29, 0.717) is 23.7 Å². The Balaban J connectivity index is 1.07. The number of ether oxygens (including phenoxy) is 3. The van der Waals surface area contributed by atoms with E-state index in [0.717, 1.165) is 51.4 Å². The van der Waals surface area contributed by atoms with Gasteiger partial charge in [-0.1, -0.05) is 56.3 Å². The van der Waals surface area contributed by atoms with Crippen molar-refractivity contribution in [1.82, 2.24) is 0 Å². The summed E-state index contributed by atoms with van der Waals surface area (Å²) in [7, 11) is 1.51. The summed E-state index contributed by atoms with van der Waals surface area (Å²) in [5.41, 5.74) is 0.853. The van der Waals surface area contributed by atoms with Gasteiger partial charge in [-0.15, -0.1) is 0 Å². The lowest BCUT2D eigenvalue weighted by Crippen LogP contribution is -2.62. The summed E-state index contributed by atoms with van der Waals surface area (Å²) in [6, 6.07) is 15.6. The van der Waals surface area contributed by atoms with Gasteiger partial charge in [0, 0.05) is 12.5 Å². The van der Waals surface area contributed by atoms with Gasteiger partial charge in [0.1, 0.15) is 18.3 Å². The van der Waals surface area contributed by atoms with Crippen molar-refractivity contribution in [2.75, 3.05) is 7.11 Å². The fourth-order valence-corrected chi connectivity index (χ4v) is 10.8. The Hall–Kier alpha value is -1.54. The van der Waals surface area contributed by atoms with Crippen LogP contribution in [0.3, 0.4) is 0 Å². The van der Waals surface area contributed by atoms with Crippen LogP contribution in [0, 0.1) is 28.6 Å². The zero-order valence-corrected chi connectivity index (χ0v) is 25.7. The largest absolute Gasteiger partial charge is 0.389 e. The number of fused-ring (bicyclic) bond motifs is 6. The molecule has 7 rings (SSSR count). The predicted molar refractivity (Wildman–Crippen MR) is 162 cm³/mol. The minimum absolute atomic E-state index is 0.0138. The van der Waals surface area contributed by atoms with Crippen LogP contribution in [0.1, 0.15) is 90.0 Å². The zero-order valence-electron chi connectivity index (χ0n) is 25.7. The standard InChI is InChI=1S/C36H50O6/c1-21-30(37)32(40-4)31(38)33(41-21)42-26-13-16-34(2)25(20-26)11-12-29-28(34)14-17-35(3)27(15-18-36(29,35)39)24-10-9-22-7-5-6-8-23(22)19-24/h5-10,19,21,25-33,37-39H,11-18,20H2,1-4H3/t21-,25+,26-,27+,28-,29+,30-,31-,32+,33-,34-,35+,36-/m0/s1. The summed E-state index contributed by atoms with van der Waals surface area (Å²) >= 11 is 0. The molecular weight excluding hydrogens is 528 g/mol. The molecule has 42 heavy (non-hydrogen) atoms. The van der Waals surface area contributed by atoms with E-state index in [9.17, 15) is 15.3 Å². The maximum atomic E-state index is 12.7. The summed E-state index contributed by atoms with van der Waals surface area (Å²) in [4.78, 5) is 0. The lowest BCUT2D eigenvalue weighted by molar-refractivity contribution is -0.313. The highest BCUT2D eigenvalue weighted by molar-refractivity contribution is 5.83. The highest BCUT2D eigenvalue weighted by atomic mass is 16.7. The van der Waals surface area contributed by atoms with Gasteiger partial charge in [-0.05, 0) is 110 Å². The number of aliphatic hydroxyl groups is 3. The van der Waals surface area contributed by atoms with Crippen LogP contribution in [0.4, 0.5) is 0 Å². The summed E-state index contributed by atoms with van der Waals surface area (Å²) in [6.07, 6.45) is 5.49. The Labute approximate surface area is 250 Å². The van der Waals surface area contributed by atoms with Crippen LogP contribution in [-0.4, -0.2) is 64.8 Å². The van der Waals surface area contributed by atoms with Crippen molar-refractivity contribution >= 4 is 10.8 Å². The number of hydrogen-bond donors (Lipinski definition) is 3. The first-order chi connectivity index (χ1) is 20.1. The lowest BCUT2D eigenvalue weighted by atomic mass is 9.43. The van der Waals surface area contributed by atoms with Gasteiger partial charge < -0.3 is 29.5 Å². The fraction of sp³-hybridized carbons (Fsp3) is 0.722. The molecule has 1 heterocycles. The highest BCUT2D eigenvalue weighted by Crippen LogP contribution is 2.70. The van der Waals surface area contributed by atoms with Crippen molar-refractivity contribution in [3.63, 3.8) is 0 Å². The summed E-state index contributed by atoms with van der Waals surface area (Å²) in [5, 5.41) is 36.5. The average molecular weight is 579 g/mol. The van der Waals surface area contributed by atoms with Crippen LogP contribution in [-0.2, 0) is 14.2 Å². The molecule has 1 aliphatic heterocycles. The Kier molecular flexibility index (Phi) is 7.32. The first-order valence-corrected chi connectivity index (χ1v) is 16.5. The van der Waals surface area contributed by atoms with Crippen molar-refractivity contribution in [3.8, 4) is 0 Å². The predicted octanol–water partition coefficient (Wildman–Crippen LogP) is 5.95. The molecule has 5 fully saturated rings. The van der Waals surface area contributed by atoms with Gasteiger partial charge in [0.15, 0.2) is 6.29 Å². The smallest absolute Gasteiger partial charge is 0.186 e. The number of benzene rings is 2. The number of hydrogen-bond acceptors (Lipinski definition) is 6. The molecule has 0 radical (unpaired) electrons. The molecule has 2 aromatic carbocycles. The van der Waals surface area contributed by atoms with E-state index in [-0.39, 0.29) is 16.9 Å². The number of methoxy groups -OCH3 is 1. The molecule has 0 bridgehead atoms.